The monoisotopic (exact) mass is 310 g/mol. The minimum atomic E-state index is -0.453. The van der Waals surface area contributed by atoms with Crippen molar-refractivity contribution in [2.24, 2.45) is 0 Å². The van der Waals surface area contributed by atoms with E-state index in [1.165, 1.54) is 7.11 Å². The molecule has 0 atom stereocenters. The summed E-state index contributed by atoms with van der Waals surface area (Å²) in [5, 5.41) is 0. The third kappa shape index (κ3) is 5.11. The molecule has 0 aromatic heterocycles. The molecule has 0 bridgehead atoms. The Balaban J connectivity index is 1.98. The highest BCUT2D eigenvalue weighted by Crippen LogP contribution is 2.14. The molecule has 0 fully saturated rings. The first-order chi connectivity index (χ1) is 11.1. The smallest absolute Gasteiger partial charge is 0.343 e. The molecule has 0 saturated heterocycles. The fourth-order valence-electron chi connectivity index (χ4n) is 1.96. The quantitative estimate of drug-likeness (QED) is 0.466. The Bertz CT molecular complexity index is 714. The van der Waals surface area contributed by atoms with Crippen molar-refractivity contribution in [2.75, 3.05) is 13.7 Å². The van der Waals surface area contributed by atoms with Crippen LogP contribution in [0, 0.1) is 6.92 Å². The third-order valence-electron chi connectivity index (χ3n) is 3.19. The molecule has 0 aliphatic carbocycles. The molecule has 4 nitrogen and oxygen atoms in total. The van der Waals surface area contributed by atoms with Gasteiger partial charge in [0.05, 0.1) is 7.11 Å². The standard InChI is InChI=1S/C19H18O4/c1-14-4-3-5-15(12-14)6-11-18(20)16-7-9-17(10-8-16)23-13-19(21)22-2/h3-12H,13H2,1-2H3. The number of esters is 1. The average molecular weight is 310 g/mol. The zero-order chi connectivity index (χ0) is 16.7. The van der Waals surface area contributed by atoms with Crippen LogP contribution in [0.1, 0.15) is 21.5 Å². The normalized spacial score (nSPS) is 10.5. The van der Waals surface area contributed by atoms with Gasteiger partial charge in [-0.25, -0.2) is 4.79 Å². The van der Waals surface area contributed by atoms with Gasteiger partial charge < -0.3 is 9.47 Å². The van der Waals surface area contributed by atoms with Gasteiger partial charge in [-0.05, 0) is 42.8 Å². The molecule has 0 saturated carbocycles. The topological polar surface area (TPSA) is 52.6 Å². The molecule has 23 heavy (non-hydrogen) atoms. The van der Waals surface area contributed by atoms with E-state index in [2.05, 4.69) is 4.74 Å². The van der Waals surface area contributed by atoms with Crippen LogP contribution in [0.3, 0.4) is 0 Å². The summed E-state index contributed by atoms with van der Waals surface area (Å²) in [6.45, 7) is 1.85. The number of hydrogen-bond donors (Lipinski definition) is 0. The molecule has 2 rings (SSSR count). The van der Waals surface area contributed by atoms with Crippen LogP contribution in [-0.4, -0.2) is 25.5 Å². The maximum absolute atomic E-state index is 12.1. The summed E-state index contributed by atoms with van der Waals surface area (Å²) < 4.78 is 9.72. The van der Waals surface area contributed by atoms with Crippen LogP contribution in [0.5, 0.6) is 5.75 Å². The molecule has 0 unspecified atom stereocenters. The summed E-state index contributed by atoms with van der Waals surface area (Å²) in [5.41, 5.74) is 2.68. The van der Waals surface area contributed by atoms with Gasteiger partial charge in [0.25, 0.3) is 0 Å². The summed E-state index contributed by atoms with van der Waals surface area (Å²) in [4.78, 5) is 23.1. The molecule has 0 aliphatic rings. The van der Waals surface area contributed by atoms with E-state index >= 15 is 0 Å². The largest absolute Gasteiger partial charge is 0.482 e. The second-order valence-electron chi connectivity index (χ2n) is 5.00. The molecule has 0 radical (unpaired) electrons. The van der Waals surface area contributed by atoms with E-state index in [1.807, 2.05) is 31.2 Å². The van der Waals surface area contributed by atoms with Gasteiger partial charge in [-0.1, -0.05) is 35.9 Å². The van der Waals surface area contributed by atoms with Gasteiger partial charge in [0.15, 0.2) is 12.4 Å². The number of rotatable bonds is 6. The number of benzene rings is 2. The molecule has 0 N–H and O–H groups in total. The first-order valence-corrected chi connectivity index (χ1v) is 7.17. The maximum Gasteiger partial charge on any atom is 0.343 e. The van der Waals surface area contributed by atoms with Gasteiger partial charge in [-0.2, -0.15) is 0 Å². The highest BCUT2D eigenvalue weighted by molar-refractivity contribution is 6.06. The molecule has 118 valence electrons. The van der Waals surface area contributed by atoms with Crippen LogP contribution in [-0.2, 0) is 9.53 Å². The number of methoxy groups -OCH3 is 1. The molecule has 4 heteroatoms. The first kappa shape index (κ1) is 16.5. The molecular formula is C19H18O4. The Morgan fingerprint density at radius 3 is 2.48 bits per heavy atom. The van der Waals surface area contributed by atoms with E-state index < -0.39 is 5.97 Å². The lowest BCUT2D eigenvalue weighted by Gasteiger charge is -2.05. The highest BCUT2D eigenvalue weighted by atomic mass is 16.6. The lowest BCUT2D eigenvalue weighted by molar-refractivity contribution is -0.142. The van der Waals surface area contributed by atoms with Gasteiger partial charge in [-0.3, -0.25) is 4.79 Å². The van der Waals surface area contributed by atoms with Gasteiger partial charge in [0.1, 0.15) is 5.75 Å². The van der Waals surface area contributed by atoms with Gasteiger partial charge >= 0.3 is 5.97 Å². The molecule has 0 spiro atoms. The molecule has 0 heterocycles. The van der Waals surface area contributed by atoms with Crippen molar-refractivity contribution in [1.82, 2.24) is 0 Å². The van der Waals surface area contributed by atoms with E-state index in [0.717, 1.165) is 11.1 Å². The lowest BCUT2D eigenvalue weighted by atomic mass is 10.1. The van der Waals surface area contributed by atoms with Crippen molar-refractivity contribution >= 4 is 17.8 Å². The third-order valence-corrected chi connectivity index (χ3v) is 3.19. The van der Waals surface area contributed by atoms with Gasteiger partial charge in [0.2, 0.25) is 0 Å². The first-order valence-electron chi connectivity index (χ1n) is 7.17. The van der Waals surface area contributed by atoms with Crippen molar-refractivity contribution < 1.29 is 19.1 Å². The lowest BCUT2D eigenvalue weighted by Crippen LogP contribution is -2.12. The molecular weight excluding hydrogens is 292 g/mol. The van der Waals surface area contributed by atoms with Crippen LogP contribution in [0.15, 0.2) is 54.6 Å². The minimum Gasteiger partial charge on any atom is -0.482 e. The summed E-state index contributed by atoms with van der Waals surface area (Å²) in [5.74, 6) is -0.0353. The van der Waals surface area contributed by atoms with E-state index in [-0.39, 0.29) is 12.4 Å². The second-order valence-corrected chi connectivity index (χ2v) is 5.00. The van der Waals surface area contributed by atoms with Crippen LogP contribution < -0.4 is 4.74 Å². The SMILES string of the molecule is COC(=O)COc1ccc(C(=O)C=Cc2cccc(C)c2)cc1. The van der Waals surface area contributed by atoms with Crippen molar-refractivity contribution in [2.45, 2.75) is 6.92 Å². The number of ether oxygens (including phenoxy) is 2. The number of allylic oxidation sites excluding steroid dienone is 1. The van der Waals surface area contributed by atoms with Crippen molar-refractivity contribution in [1.29, 1.82) is 0 Å². The fraction of sp³-hybridized carbons (Fsp3) is 0.158. The van der Waals surface area contributed by atoms with Crippen LogP contribution in [0.25, 0.3) is 6.08 Å². The molecule has 0 aliphatic heterocycles. The Morgan fingerprint density at radius 2 is 1.83 bits per heavy atom. The van der Waals surface area contributed by atoms with Crippen LogP contribution in [0.2, 0.25) is 0 Å². The predicted octanol–water partition coefficient (Wildman–Crippen LogP) is 3.44. The van der Waals surface area contributed by atoms with Gasteiger partial charge in [-0.15, -0.1) is 0 Å². The van der Waals surface area contributed by atoms with Gasteiger partial charge in [0, 0.05) is 5.56 Å². The average Bonchev–Trinajstić information content (AvgIpc) is 2.58. The Hall–Kier alpha value is -2.88. The van der Waals surface area contributed by atoms with Crippen LogP contribution in [0.4, 0.5) is 0 Å². The van der Waals surface area contributed by atoms with E-state index in [0.29, 0.717) is 11.3 Å². The van der Waals surface area contributed by atoms with E-state index in [9.17, 15) is 9.59 Å². The van der Waals surface area contributed by atoms with Crippen molar-refractivity contribution in [3.63, 3.8) is 0 Å². The number of aryl methyl sites for hydroxylation is 1. The zero-order valence-electron chi connectivity index (χ0n) is 13.1. The summed E-state index contributed by atoms with van der Waals surface area (Å²) >= 11 is 0. The number of hydrogen-bond acceptors (Lipinski definition) is 4. The van der Waals surface area contributed by atoms with Crippen molar-refractivity contribution in [3.8, 4) is 5.75 Å². The van der Waals surface area contributed by atoms with E-state index in [1.54, 1.807) is 36.4 Å². The summed E-state index contributed by atoms with van der Waals surface area (Å²) in [7, 11) is 1.30. The Labute approximate surface area is 135 Å². The van der Waals surface area contributed by atoms with Crippen LogP contribution >= 0.6 is 0 Å². The Morgan fingerprint density at radius 1 is 1.09 bits per heavy atom. The maximum atomic E-state index is 12.1. The molecule has 2 aromatic carbocycles. The highest BCUT2D eigenvalue weighted by Gasteiger charge is 2.04. The minimum absolute atomic E-state index is 0.0916. The summed E-state index contributed by atoms with van der Waals surface area (Å²) in [6, 6.07) is 14.5. The zero-order valence-corrected chi connectivity index (χ0v) is 13.1. The molecule has 0 amide bonds. The predicted molar refractivity (Wildman–Crippen MR) is 88.5 cm³/mol. The van der Waals surface area contributed by atoms with E-state index in [4.69, 9.17) is 4.74 Å². The number of ketones is 1. The Kier molecular flexibility index (Phi) is 5.69. The summed E-state index contributed by atoms with van der Waals surface area (Å²) in [6.07, 6.45) is 3.33. The second kappa shape index (κ2) is 7.94. The molecule has 2 aromatic rings. The number of carbonyl (C=O) groups excluding carboxylic acids is 2. The number of carbonyl (C=O) groups is 2. The fourth-order valence-corrected chi connectivity index (χ4v) is 1.96. The van der Waals surface area contributed by atoms with Crippen molar-refractivity contribution in [3.05, 3.63) is 71.3 Å².